The number of benzene rings is 1. The highest BCUT2D eigenvalue weighted by molar-refractivity contribution is 6.30. The van der Waals surface area contributed by atoms with Crippen LogP contribution in [0.5, 0.6) is 0 Å². The van der Waals surface area contributed by atoms with Gasteiger partial charge in [0, 0.05) is 30.2 Å². The summed E-state index contributed by atoms with van der Waals surface area (Å²) in [5.41, 5.74) is 8.60. The van der Waals surface area contributed by atoms with Crippen LogP contribution in [0.15, 0.2) is 42.6 Å². The quantitative estimate of drug-likeness (QED) is 0.912. The van der Waals surface area contributed by atoms with Crippen LogP contribution in [-0.4, -0.2) is 23.5 Å². The molecule has 3 nitrogen and oxygen atoms in total. The fourth-order valence-electron chi connectivity index (χ4n) is 1.92. The van der Waals surface area contributed by atoms with Crippen LogP contribution in [0.4, 0.5) is 5.69 Å². The van der Waals surface area contributed by atoms with Gasteiger partial charge < -0.3 is 10.6 Å². The summed E-state index contributed by atoms with van der Waals surface area (Å²) in [6.07, 6.45) is 2.61. The zero-order valence-electron chi connectivity index (χ0n) is 11.0. The molecule has 0 atom stereocenters. The van der Waals surface area contributed by atoms with E-state index in [1.165, 1.54) is 5.56 Å². The number of rotatable bonds is 5. The Kier molecular flexibility index (Phi) is 4.77. The van der Waals surface area contributed by atoms with E-state index in [2.05, 4.69) is 23.0 Å². The third-order valence-electron chi connectivity index (χ3n) is 2.94. The average molecular weight is 276 g/mol. The standard InChI is InChI=1S/C15H18ClN3/c1-19(11-12-3-2-4-13(16)9-12)8-7-15-6-5-14(17)10-18-15/h2-6,9-10H,7-8,11,17H2,1H3. The van der Waals surface area contributed by atoms with Gasteiger partial charge in [0.2, 0.25) is 0 Å². The van der Waals surface area contributed by atoms with E-state index in [-0.39, 0.29) is 0 Å². The molecule has 0 aliphatic rings. The Labute approximate surface area is 119 Å². The highest BCUT2D eigenvalue weighted by Crippen LogP contribution is 2.12. The third kappa shape index (κ3) is 4.54. The van der Waals surface area contributed by atoms with Crippen molar-refractivity contribution in [1.29, 1.82) is 0 Å². The largest absolute Gasteiger partial charge is 0.397 e. The van der Waals surface area contributed by atoms with Crippen LogP contribution in [0, 0.1) is 0 Å². The number of pyridine rings is 1. The zero-order chi connectivity index (χ0) is 13.7. The lowest BCUT2D eigenvalue weighted by molar-refractivity contribution is 0.330. The van der Waals surface area contributed by atoms with E-state index < -0.39 is 0 Å². The molecular weight excluding hydrogens is 258 g/mol. The molecular formula is C15H18ClN3. The number of likely N-dealkylation sites (N-methyl/N-ethyl adjacent to an activating group) is 1. The molecule has 2 rings (SSSR count). The second kappa shape index (κ2) is 6.55. The van der Waals surface area contributed by atoms with Crippen molar-refractivity contribution in [2.24, 2.45) is 0 Å². The van der Waals surface area contributed by atoms with Crippen LogP contribution in [0.1, 0.15) is 11.3 Å². The van der Waals surface area contributed by atoms with Crippen molar-refractivity contribution < 1.29 is 0 Å². The van der Waals surface area contributed by atoms with Crippen molar-refractivity contribution in [2.75, 3.05) is 19.3 Å². The summed E-state index contributed by atoms with van der Waals surface area (Å²) in [6, 6.07) is 11.8. The van der Waals surface area contributed by atoms with Gasteiger partial charge in [0.1, 0.15) is 0 Å². The Hall–Kier alpha value is -1.58. The second-order valence-electron chi connectivity index (χ2n) is 4.70. The van der Waals surface area contributed by atoms with Crippen molar-refractivity contribution in [3.8, 4) is 0 Å². The van der Waals surface area contributed by atoms with Crippen molar-refractivity contribution in [2.45, 2.75) is 13.0 Å². The molecule has 2 aromatic rings. The lowest BCUT2D eigenvalue weighted by Gasteiger charge is -2.16. The molecule has 0 unspecified atom stereocenters. The molecule has 0 saturated carbocycles. The van der Waals surface area contributed by atoms with Crippen LogP contribution in [0.25, 0.3) is 0 Å². The first-order chi connectivity index (χ1) is 9.13. The first-order valence-electron chi connectivity index (χ1n) is 6.27. The van der Waals surface area contributed by atoms with E-state index in [1.54, 1.807) is 6.20 Å². The second-order valence-corrected chi connectivity index (χ2v) is 5.14. The predicted molar refractivity (Wildman–Crippen MR) is 80.1 cm³/mol. The van der Waals surface area contributed by atoms with Gasteiger partial charge in [-0.2, -0.15) is 0 Å². The van der Waals surface area contributed by atoms with E-state index >= 15 is 0 Å². The summed E-state index contributed by atoms with van der Waals surface area (Å²) in [4.78, 5) is 6.55. The lowest BCUT2D eigenvalue weighted by Crippen LogP contribution is -2.21. The molecule has 1 aromatic carbocycles. The number of halogens is 1. The van der Waals surface area contributed by atoms with Gasteiger partial charge in [-0.25, -0.2) is 0 Å². The Morgan fingerprint density at radius 2 is 2.11 bits per heavy atom. The maximum absolute atomic E-state index is 5.98. The van der Waals surface area contributed by atoms with Gasteiger partial charge in [0.05, 0.1) is 11.9 Å². The minimum Gasteiger partial charge on any atom is -0.397 e. The van der Waals surface area contributed by atoms with E-state index in [0.717, 1.165) is 30.2 Å². The summed E-state index contributed by atoms with van der Waals surface area (Å²) in [7, 11) is 2.10. The van der Waals surface area contributed by atoms with Gasteiger partial charge >= 0.3 is 0 Å². The van der Waals surface area contributed by atoms with Gasteiger partial charge in [0.15, 0.2) is 0 Å². The van der Waals surface area contributed by atoms with Gasteiger partial charge in [-0.15, -0.1) is 0 Å². The molecule has 4 heteroatoms. The molecule has 0 spiro atoms. The number of hydrogen-bond acceptors (Lipinski definition) is 3. The molecule has 19 heavy (non-hydrogen) atoms. The van der Waals surface area contributed by atoms with E-state index in [0.29, 0.717) is 5.69 Å². The smallest absolute Gasteiger partial charge is 0.0501 e. The topological polar surface area (TPSA) is 42.1 Å². The van der Waals surface area contributed by atoms with Crippen LogP contribution >= 0.6 is 11.6 Å². The normalized spacial score (nSPS) is 10.9. The monoisotopic (exact) mass is 275 g/mol. The Morgan fingerprint density at radius 3 is 2.79 bits per heavy atom. The fraction of sp³-hybridized carbons (Fsp3) is 0.267. The number of anilines is 1. The van der Waals surface area contributed by atoms with Crippen LogP contribution in [0.3, 0.4) is 0 Å². The Morgan fingerprint density at radius 1 is 1.26 bits per heavy atom. The minimum atomic E-state index is 0.705. The summed E-state index contributed by atoms with van der Waals surface area (Å²) >= 11 is 5.98. The fourth-order valence-corrected chi connectivity index (χ4v) is 2.13. The number of nitrogens with zero attached hydrogens (tertiary/aromatic N) is 2. The van der Waals surface area contributed by atoms with Crippen LogP contribution < -0.4 is 5.73 Å². The lowest BCUT2D eigenvalue weighted by atomic mass is 10.2. The molecule has 0 saturated heterocycles. The average Bonchev–Trinajstić information content (AvgIpc) is 2.38. The van der Waals surface area contributed by atoms with Crippen LogP contribution in [-0.2, 0) is 13.0 Å². The molecule has 1 aromatic heterocycles. The molecule has 0 aliphatic carbocycles. The van der Waals surface area contributed by atoms with Crippen molar-refractivity contribution >= 4 is 17.3 Å². The van der Waals surface area contributed by atoms with Gasteiger partial charge in [0.25, 0.3) is 0 Å². The van der Waals surface area contributed by atoms with Gasteiger partial charge in [-0.05, 0) is 36.9 Å². The van der Waals surface area contributed by atoms with Gasteiger partial charge in [-0.1, -0.05) is 23.7 Å². The highest BCUT2D eigenvalue weighted by Gasteiger charge is 2.02. The molecule has 2 N–H and O–H groups in total. The summed E-state index contributed by atoms with van der Waals surface area (Å²) in [6.45, 7) is 1.83. The SMILES string of the molecule is CN(CCc1ccc(N)cn1)Cc1cccc(Cl)c1. The van der Waals surface area contributed by atoms with E-state index in [4.69, 9.17) is 17.3 Å². The first kappa shape index (κ1) is 13.8. The molecule has 0 radical (unpaired) electrons. The Bertz CT molecular complexity index is 525. The summed E-state index contributed by atoms with van der Waals surface area (Å²) in [5.74, 6) is 0. The van der Waals surface area contributed by atoms with E-state index in [9.17, 15) is 0 Å². The van der Waals surface area contributed by atoms with E-state index in [1.807, 2.05) is 30.3 Å². The highest BCUT2D eigenvalue weighted by atomic mass is 35.5. The molecule has 1 heterocycles. The predicted octanol–water partition coefficient (Wildman–Crippen LogP) is 2.99. The van der Waals surface area contributed by atoms with Gasteiger partial charge in [-0.3, -0.25) is 4.98 Å². The van der Waals surface area contributed by atoms with Crippen molar-refractivity contribution in [3.05, 3.63) is 58.9 Å². The molecule has 0 amide bonds. The molecule has 0 aliphatic heterocycles. The molecule has 0 fully saturated rings. The van der Waals surface area contributed by atoms with Crippen LogP contribution in [0.2, 0.25) is 5.02 Å². The Balaban J connectivity index is 1.84. The number of aromatic nitrogens is 1. The molecule has 100 valence electrons. The first-order valence-corrected chi connectivity index (χ1v) is 6.64. The number of nitrogens with two attached hydrogens (primary N) is 1. The summed E-state index contributed by atoms with van der Waals surface area (Å²) < 4.78 is 0. The maximum atomic E-state index is 5.98. The van der Waals surface area contributed by atoms with Crippen molar-refractivity contribution in [3.63, 3.8) is 0 Å². The maximum Gasteiger partial charge on any atom is 0.0501 e. The third-order valence-corrected chi connectivity index (χ3v) is 3.17. The number of nitrogen functional groups attached to an aromatic ring is 1. The summed E-state index contributed by atoms with van der Waals surface area (Å²) in [5, 5.41) is 0.783. The molecule has 0 bridgehead atoms. The minimum absolute atomic E-state index is 0.705. The number of hydrogen-bond donors (Lipinski definition) is 1. The van der Waals surface area contributed by atoms with Crippen molar-refractivity contribution in [1.82, 2.24) is 9.88 Å². The zero-order valence-corrected chi connectivity index (χ0v) is 11.8.